The second-order valence-corrected chi connectivity index (χ2v) is 10.2. The molecule has 0 spiro atoms. The number of thiophene rings is 1. The van der Waals surface area contributed by atoms with E-state index in [2.05, 4.69) is 17.0 Å². The summed E-state index contributed by atoms with van der Waals surface area (Å²) in [5.41, 5.74) is 3.12. The predicted octanol–water partition coefficient (Wildman–Crippen LogP) is 4.90. The molecule has 5 rings (SSSR count). The molecule has 1 aromatic heterocycles. The number of amides is 2. The Morgan fingerprint density at radius 3 is 2.43 bits per heavy atom. The second kappa shape index (κ2) is 10.1. The number of methoxy groups -OCH3 is 1. The quantitative estimate of drug-likeness (QED) is 0.512. The van der Waals surface area contributed by atoms with Gasteiger partial charge in [-0.1, -0.05) is 29.8 Å². The number of hydrogen-bond acceptors (Lipinski definition) is 5. The molecule has 2 amide bonds. The highest BCUT2D eigenvalue weighted by Gasteiger charge is 2.43. The molecular weight excluding hydrogens is 458 g/mol. The van der Waals surface area contributed by atoms with Gasteiger partial charge < -0.3 is 19.4 Å². The molecule has 2 atom stereocenters. The summed E-state index contributed by atoms with van der Waals surface area (Å²) in [6.45, 7) is 4.92. The number of carbonyl (C=O) groups excluding carboxylic acids is 2. The highest BCUT2D eigenvalue weighted by atomic mass is 32.1. The summed E-state index contributed by atoms with van der Waals surface area (Å²) >= 11 is 1.62. The number of piperazine rings is 1. The van der Waals surface area contributed by atoms with E-state index in [1.807, 2.05) is 70.6 Å². The summed E-state index contributed by atoms with van der Waals surface area (Å²) in [4.78, 5) is 34.3. The van der Waals surface area contributed by atoms with Gasteiger partial charge in [0.15, 0.2) is 0 Å². The fourth-order valence-electron chi connectivity index (χ4n) is 5.17. The third-order valence-electron chi connectivity index (χ3n) is 7.07. The van der Waals surface area contributed by atoms with Crippen LogP contribution in [0.4, 0.5) is 11.4 Å². The van der Waals surface area contributed by atoms with Crippen molar-refractivity contribution in [2.75, 3.05) is 43.1 Å². The minimum absolute atomic E-state index is 0.0825. The van der Waals surface area contributed by atoms with Crippen LogP contribution in [0, 0.1) is 12.8 Å². The Hall–Kier alpha value is -3.32. The molecule has 2 unspecified atom stereocenters. The fourth-order valence-corrected chi connectivity index (χ4v) is 6.05. The lowest BCUT2D eigenvalue weighted by molar-refractivity contribution is -0.138. The molecule has 7 heteroatoms. The monoisotopic (exact) mass is 489 g/mol. The third kappa shape index (κ3) is 4.78. The van der Waals surface area contributed by atoms with Crippen LogP contribution in [0.1, 0.15) is 29.3 Å². The van der Waals surface area contributed by atoms with Crippen LogP contribution in [0.15, 0.2) is 66.0 Å². The molecule has 2 aliphatic rings. The van der Waals surface area contributed by atoms with Crippen molar-refractivity contribution in [2.24, 2.45) is 5.92 Å². The minimum Gasteiger partial charge on any atom is -0.497 e. The molecule has 182 valence electrons. The Labute approximate surface area is 210 Å². The Balaban J connectivity index is 1.36. The molecule has 2 saturated heterocycles. The van der Waals surface area contributed by atoms with Crippen molar-refractivity contribution >= 4 is 34.5 Å². The van der Waals surface area contributed by atoms with Gasteiger partial charge in [0, 0.05) is 54.9 Å². The summed E-state index contributed by atoms with van der Waals surface area (Å²) in [6.07, 6.45) is 0.967. The van der Waals surface area contributed by atoms with E-state index in [-0.39, 0.29) is 23.8 Å². The van der Waals surface area contributed by atoms with Crippen molar-refractivity contribution < 1.29 is 14.3 Å². The smallest absolute Gasteiger partial charge is 0.228 e. The van der Waals surface area contributed by atoms with E-state index in [0.29, 0.717) is 25.9 Å². The van der Waals surface area contributed by atoms with Crippen LogP contribution in [0.2, 0.25) is 0 Å². The van der Waals surface area contributed by atoms with Gasteiger partial charge in [0.25, 0.3) is 0 Å². The largest absolute Gasteiger partial charge is 0.497 e. The zero-order chi connectivity index (χ0) is 24.4. The van der Waals surface area contributed by atoms with Gasteiger partial charge in [-0.15, -0.1) is 11.3 Å². The fraction of sp³-hybridized carbons (Fsp3) is 0.357. The Morgan fingerprint density at radius 1 is 0.971 bits per heavy atom. The van der Waals surface area contributed by atoms with E-state index in [1.165, 1.54) is 0 Å². The lowest BCUT2D eigenvalue weighted by atomic mass is 9.85. The molecule has 0 N–H and O–H groups in total. The molecule has 0 radical (unpaired) electrons. The molecule has 6 nitrogen and oxygen atoms in total. The number of hydrogen-bond donors (Lipinski definition) is 0. The van der Waals surface area contributed by atoms with Crippen LogP contribution >= 0.6 is 11.3 Å². The van der Waals surface area contributed by atoms with Gasteiger partial charge in [-0.25, -0.2) is 0 Å². The standard InChI is InChI=1S/C28H31N3O3S/c1-20-8-10-21(11-9-20)31-26(32)13-12-24(27(31)25-7-4-18-35-25)28(33)30-16-14-29(15-17-30)22-5-3-6-23(19-22)34-2/h3-11,18-19,24,27H,12-17H2,1-2H3. The van der Waals surface area contributed by atoms with Gasteiger partial charge >= 0.3 is 0 Å². The van der Waals surface area contributed by atoms with E-state index < -0.39 is 0 Å². The zero-order valence-electron chi connectivity index (χ0n) is 20.2. The van der Waals surface area contributed by atoms with Crippen LogP contribution in [-0.4, -0.2) is 50.0 Å². The number of piperidine rings is 1. The van der Waals surface area contributed by atoms with Gasteiger partial charge in [-0.05, 0) is 49.1 Å². The van der Waals surface area contributed by atoms with Gasteiger partial charge in [0.2, 0.25) is 11.8 Å². The van der Waals surface area contributed by atoms with Crippen molar-refractivity contribution in [3.63, 3.8) is 0 Å². The first-order chi connectivity index (χ1) is 17.0. The van der Waals surface area contributed by atoms with E-state index in [0.717, 1.165) is 40.7 Å². The van der Waals surface area contributed by atoms with E-state index in [9.17, 15) is 9.59 Å². The lowest BCUT2D eigenvalue weighted by Gasteiger charge is -2.43. The summed E-state index contributed by atoms with van der Waals surface area (Å²) in [5.74, 6) is 0.816. The first kappa shape index (κ1) is 23.4. The number of ether oxygens (including phenoxy) is 1. The number of carbonyl (C=O) groups is 2. The van der Waals surface area contributed by atoms with Gasteiger partial charge in [0.1, 0.15) is 5.75 Å². The molecule has 0 aliphatic carbocycles. The highest BCUT2D eigenvalue weighted by molar-refractivity contribution is 7.10. The summed E-state index contributed by atoms with van der Waals surface area (Å²) in [6, 6.07) is 19.9. The minimum atomic E-state index is -0.275. The molecule has 35 heavy (non-hydrogen) atoms. The van der Waals surface area contributed by atoms with Crippen molar-refractivity contribution in [3.8, 4) is 5.75 Å². The molecule has 2 fully saturated rings. The first-order valence-corrected chi connectivity index (χ1v) is 13.0. The number of benzene rings is 2. The SMILES string of the molecule is COc1cccc(N2CCN(C(=O)C3CCC(=O)N(c4ccc(C)cc4)C3c3cccs3)CC2)c1. The average Bonchev–Trinajstić information content (AvgIpc) is 3.44. The summed E-state index contributed by atoms with van der Waals surface area (Å²) in [7, 11) is 1.68. The summed E-state index contributed by atoms with van der Waals surface area (Å²) in [5, 5.41) is 2.02. The molecule has 2 aromatic carbocycles. The Kier molecular flexibility index (Phi) is 6.77. The second-order valence-electron chi connectivity index (χ2n) is 9.22. The number of anilines is 2. The first-order valence-electron chi connectivity index (χ1n) is 12.1. The van der Waals surface area contributed by atoms with Crippen molar-refractivity contribution in [1.82, 2.24) is 4.90 Å². The van der Waals surface area contributed by atoms with Crippen molar-refractivity contribution in [1.29, 1.82) is 0 Å². The van der Waals surface area contributed by atoms with Crippen molar-refractivity contribution in [2.45, 2.75) is 25.8 Å². The maximum Gasteiger partial charge on any atom is 0.228 e. The third-order valence-corrected chi connectivity index (χ3v) is 8.01. The molecule has 2 aliphatic heterocycles. The van der Waals surface area contributed by atoms with Gasteiger partial charge in [-0.3, -0.25) is 9.59 Å². The van der Waals surface area contributed by atoms with Crippen LogP contribution in [-0.2, 0) is 9.59 Å². The molecular formula is C28H31N3O3S. The maximum atomic E-state index is 13.9. The average molecular weight is 490 g/mol. The normalized spacial score (nSPS) is 20.7. The van der Waals surface area contributed by atoms with Crippen LogP contribution < -0.4 is 14.5 Å². The van der Waals surface area contributed by atoms with E-state index in [4.69, 9.17) is 4.74 Å². The molecule has 0 bridgehead atoms. The van der Waals surface area contributed by atoms with Crippen LogP contribution in [0.5, 0.6) is 5.75 Å². The zero-order valence-corrected chi connectivity index (χ0v) is 21.0. The Bertz CT molecular complexity index is 1170. The van der Waals surface area contributed by atoms with E-state index >= 15 is 0 Å². The van der Waals surface area contributed by atoms with Crippen molar-refractivity contribution in [3.05, 3.63) is 76.5 Å². The van der Waals surface area contributed by atoms with Gasteiger partial charge in [0.05, 0.1) is 19.1 Å². The van der Waals surface area contributed by atoms with Crippen LogP contribution in [0.3, 0.4) is 0 Å². The molecule has 0 saturated carbocycles. The number of aryl methyl sites for hydroxylation is 1. The molecule has 3 heterocycles. The number of rotatable bonds is 5. The lowest BCUT2D eigenvalue weighted by Crippen LogP contribution is -2.54. The highest BCUT2D eigenvalue weighted by Crippen LogP contribution is 2.42. The Morgan fingerprint density at radius 2 is 1.74 bits per heavy atom. The predicted molar refractivity (Wildman–Crippen MR) is 140 cm³/mol. The maximum absolute atomic E-state index is 13.9. The van der Waals surface area contributed by atoms with Crippen LogP contribution in [0.25, 0.3) is 0 Å². The van der Waals surface area contributed by atoms with Gasteiger partial charge in [-0.2, -0.15) is 0 Å². The molecule has 3 aromatic rings. The van der Waals surface area contributed by atoms with E-state index in [1.54, 1.807) is 18.4 Å². The summed E-state index contributed by atoms with van der Waals surface area (Å²) < 4.78 is 5.37. The topological polar surface area (TPSA) is 53.1 Å². The number of nitrogens with zero attached hydrogens (tertiary/aromatic N) is 3.